The van der Waals surface area contributed by atoms with Crippen molar-refractivity contribution in [2.45, 2.75) is 52.6 Å². The molecule has 0 aliphatic carbocycles. The van der Waals surface area contributed by atoms with Crippen LogP contribution in [0.1, 0.15) is 40.5 Å². The highest BCUT2D eigenvalue weighted by molar-refractivity contribution is 5.78. The number of hydrogen-bond acceptors (Lipinski definition) is 3. The Hall–Kier alpha value is -0.610. The molecule has 4 nitrogen and oxygen atoms in total. The third kappa shape index (κ3) is 6.36. The highest BCUT2D eigenvalue weighted by Crippen LogP contribution is 2.08. The van der Waals surface area contributed by atoms with Crippen molar-refractivity contribution in [1.29, 1.82) is 0 Å². The van der Waals surface area contributed by atoms with Gasteiger partial charge in [0.2, 0.25) is 5.91 Å². The Morgan fingerprint density at radius 3 is 2.61 bits per heavy atom. The van der Waals surface area contributed by atoms with Gasteiger partial charge in [-0.2, -0.15) is 0 Å². The van der Waals surface area contributed by atoms with E-state index in [0.29, 0.717) is 18.5 Å². The largest absolute Gasteiger partial charge is 0.353 e. The van der Waals surface area contributed by atoms with E-state index in [4.69, 9.17) is 0 Å². The number of rotatable bonds is 7. The predicted octanol–water partition coefficient (Wildman–Crippen LogP) is 1.22. The van der Waals surface area contributed by atoms with Gasteiger partial charge in [-0.25, -0.2) is 0 Å². The molecule has 4 heteroatoms. The van der Waals surface area contributed by atoms with E-state index in [1.54, 1.807) is 0 Å². The second kappa shape index (κ2) is 7.74. The van der Waals surface area contributed by atoms with Crippen LogP contribution in [-0.4, -0.2) is 49.1 Å². The zero-order valence-corrected chi connectivity index (χ0v) is 12.3. The summed E-state index contributed by atoms with van der Waals surface area (Å²) >= 11 is 0. The lowest BCUT2D eigenvalue weighted by molar-refractivity contribution is -0.122. The van der Waals surface area contributed by atoms with Crippen LogP contribution in [0.2, 0.25) is 0 Å². The van der Waals surface area contributed by atoms with Gasteiger partial charge in [-0.15, -0.1) is 0 Å². The van der Waals surface area contributed by atoms with E-state index in [2.05, 4.69) is 29.4 Å². The fraction of sp³-hybridized carbons (Fsp3) is 0.929. The third-order valence-corrected chi connectivity index (χ3v) is 3.08. The van der Waals surface area contributed by atoms with Crippen LogP contribution >= 0.6 is 0 Å². The van der Waals surface area contributed by atoms with Gasteiger partial charge < -0.3 is 10.6 Å². The lowest BCUT2D eigenvalue weighted by atomic mass is 10.1. The zero-order chi connectivity index (χ0) is 13.5. The first-order chi connectivity index (χ1) is 8.47. The number of amides is 1. The topological polar surface area (TPSA) is 44.4 Å². The first-order valence-corrected chi connectivity index (χ1v) is 7.22. The number of carbonyl (C=O) groups is 1. The first kappa shape index (κ1) is 15.4. The summed E-state index contributed by atoms with van der Waals surface area (Å²) in [4.78, 5) is 14.1. The molecule has 0 aromatic carbocycles. The molecule has 1 aliphatic heterocycles. The summed E-state index contributed by atoms with van der Waals surface area (Å²) in [5, 5.41) is 6.47. The van der Waals surface area contributed by atoms with Crippen molar-refractivity contribution in [1.82, 2.24) is 15.5 Å². The smallest absolute Gasteiger partial charge is 0.234 e. The van der Waals surface area contributed by atoms with Gasteiger partial charge in [-0.05, 0) is 39.2 Å². The molecule has 1 heterocycles. The molecule has 0 aromatic rings. The van der Waals surface area contributed by atoms with Crippen molar-refractivity contribution in [3.8, 4) is 0 Å². The summed E-state index contributed by atoms with van der Waals surface area (Å²) in [6.07, 6.45) is 2.50. The fourth-order valence-electron chi connectivity index (χ4n) is 2.51. The minimum atomic E-state index is 0.142. The lowest BCUT2D eigenvalue weighted by Gasteiger charge is -2.27. The normalized spacial score (nSPS) is 20.1. The maximum atomic E-state index is 11.8. The summed E-state index contributed by atoms with van der Waals surface area (Å²) in [6.45, 7) is 12.0. The molecule has 1 atom stereocenters. The molecule has 0 spiro atoms. The molecule has 1 aliphatic rings. The van der Waals surface area contributed by atoms with Crippen molar-refractivity contribution in [3.05, 3.63) is 0 Å². The molecule has 2 N–H and O–H groups in total. The Kier molecular flexibility index (Phi) is 6.65. The van der Waals surface area contributed by atoms with E-state index >= 15 is 0 Å². The standard InChI is InChI=1S/C14H29N3O/c1-11(2)8-17(9-13-6-5-7-15-13)10-14(18)16-12(3)4/h11-13,15H,5-10H2,1-4H3,(H,16,18). The van der Waals surface area contributed by atoms with Gasteiger partial charge in [0.1, 0.15) is 0 Å². The van der Waals surface area contributed by atoms with E-state index in [9.17, 15) is 4.79 Å². The van der Waals surface area contributed by atoms with Crippen LogP contribution in [0, 0.1) is 5.92 Å². The van der Waals surface area contributed by atoms with Crippen molar-refractivity contribution >= 4 is 5.91 Å². The minimum absolute atomic E-state index is 0.142. The second-order valence-corrected chi connectivity index (χ2v) is 6.10. The number of nitrogens with zero attached hydrogens (tertiary/aromatic N) is 1. The average Bonchev–Trinajstić information content (AvgIpc) is 2.67. The maximum Gasteiger partial charge on any atom is 0.234 e. The highest BCUT2D eigenvalue weighted by atomic mass is 16.2. The molecule has 0 radical (unpaired) electrons. The van der Waals surface area contributed by atoms with Gasteiger partial charge in [0.25, 0.3) is 0 Å². The molecule has 0 saturated carbocycles. The van der Waals surface area contributed by atoms with Gasteiger partial charge >= 0.3 is 0 Å². The van der Waals surface area contributed by atoms with Crippen molar-refractivity contribution in [2.75, 3.05) is 26.2 Å². The monoisotopic (exact) mass is 255 g/mol. The fourth-order valence-corrected chi connectivity index (χ4v) is 2.51. The van der Waals surface area contributed by atoms with Crippen LogP contribution in [0.3, 0.4) is 0 Å². The highest BCUT2D eigenvalue weighted by Gasteiger charge is 2.20. The molecular weight excluding hydrogens is 226 g/mol. The third-order valence-electron chi connectivity index (χ3n) is 3.08. The Morgan fingerprint density at radius 1 is 1.39 bits per heavy atom. The molecule has 18 heavy (non-hydrogen) atoms. The van der Waals surface area contributed by atoms with E-state index < -0.39 is 0 Å². The molecule has 0 bridgehead atoms. The summed E-state index contributed by atoms with van der Waals surface area (Å²) in [5.74, 6) is 0.738. The SMILES string of the molecule is CC(C)CN(CC(=O)NC(C)C)CC1CCCN1. The summed E-state index contributed by atoms with van der Waals surface area (Å²) in [7, 11) is 0. The van der Waals surface area contributed by atoms with Gasteiger partial charge in [-0.3, -0.25) is 9.69 Å². The maximum absolute atomic E-state index is 11.8. The van der Waals surface area contributed by atoms with E-state index in [-0.39, 0.29) is 11.9 Å². The minimum Gasteiger partial charge on any atom is -0.353 e. The van der Waals surface area contributed by atoms with E-state index in [1.165, 1.54) is 12.8 Å². The predicted molar refractivity (Wildman–Crippen MR) is 75.6 cm³/mol. The molecule has 106 valence electrons. The van der Waals surface area contributed by atoms with Crippen LogP contribution in [0.5, 0.6) is 0 Å². The molecule has 1 fully saturated rings. The Labute approximate surface area is 111 Å². The van der Waals surface area contributed by atoms with E-state index in [1.807, 2.05) is 13.8 Å². The van der Waals surface area contributed by atoms with Crippen LogP contribution < -0.4 is 10.6 Å². The number of carbonyl (C=O) groups excluding carboxylic acids is 1. The second-order valence-electron chi connectivity index (χ2n) is 6.10. The molecule has 0 aromatic heterocycles. The first-order valence-electron chi connectivity index (χ1n) is 7.22. The van der Waals surface area contributed by atoms with Gasteiger partial charge in [-0.1, -0.05) is 13.8 Å². The zero-order valence-electron chi connectivity index (χ0n) is 12.3. The molecule has 1 rings (SSSR count). The molecule has 1 saturated heterocycles. The lowest BCUT2D eigenvalue weighted by Crippen LogP contribution is -2.45. The Morgan fingerprint density at radius 2 is 2.11 bits per heavy atom. The summed E-state index contributed by atoms with van der Waals surface area (Å²) < 4.78 is 0. The molecular formula is C14H29N3O. The van der Waals surface area contributed by atoms with Crippen molar-refractivity contribution in [3.63, 3.8) is 0 Å². The molecule has 1 amide bonds. The van der Waals surface area contributed by atoms with Crippen LogP contribution in [0.25, 0.3) is 0 Å². The van der Waals surface area contributed by atoms with E-state index in [0.717, 1.165) is 19.6 Å². The molecule has 1 unspecified atom stereocenters. The average molecular weight is 255 g/mol. The summed E-state index contributed by atoms with van der Waals surface area (Å²) in [6, 6.07) is 0.790. The van der Waals surface area contributed by atoms with Crippen molar-refractivity contribution < 1.29 is 4.79 Å². The van der Waals surface area contributed by atoms with Crippen LogP contribution in [0.15, 0.2) is 0 Å². The van der Waals surface area contributed by atoms with Crippen LogP contribution in [-0.2, 0) is 4.79 Å². The van der Waals surface area contributed by atoms with Crippen LogP contribution in [0.4, 0.5) is 0 Å². The Bertz CT molecular complexity index is 247. The number of hydrogen-bond donors (Lipinski definition) is 2. The number of nitrogens with one attached hydrogen (secondary N) is 2. The van der Waals surface area contributed by atoms with Gasteiger partial charge in [0.15, 0.2) is 0 Å². The van der Waals surface area contributed by atoms with Gasteiger partial charge in [0, 0.05) is 25.2 Å². The Balaban J connectivity index is 2.41. The van der Waals surface area contributed by atoms with Gasteiger partial charge in [0.05, 0.1) is 6.54 Å². The van der Waals surface area contributed by atoms with Crippen molar-refractivity contribution in [2.24, 2.45) is 5.92 Å². The summed E-state index contributed by atoms with van der Waals surface area (Å²) in [5.41, 5.74) is 0. The quantitative estimate of drug-likeness (QED) is 0.719.